The minimum atomic E-state index is 0.268. The molecule has 0 radical (unpaired) electrons. The lowest BCUT2D eigenvalue weighted by molar-refractivity contribution is -0.130. The number of hydrogen-bond donors (Lipinski definition) is 1. The lowest BCUT2D eigenvalue weighted by Gasteiger charge is -2.34. The monoisotopic (exact) mass is 265 g/mol. The quantitative estimate of drug-likeness (QED) is 0.838. The second-order valence-corrected chi connectivity index (χ2v) is 5.67. The third kappa shape index (κ3) is 4.05. The van der Waals surface area contributed by atoms with E-state index in [0.717, 1.165) is 39.0 Å². The maximum atomic E-state index is 12.5. The van der Waals surface area contributed by atoms with Crippen molar-refractivity contribution in [2.24, 2.45) is 0 Å². The SMILES string of the molecule is CCN(C(=O)CN1CCN[C@@H](C)C1)C1=CCCCC1. The molecule has 108 valence electrons. The zero-order valence-electron chi connectivity index (χ0n) is 12.3. The molecule has 1 amide bonds. The van der Waals surface area contributed by atoms with Crippen LogP contribution in [0.5, 0.6) is 0 Å². The topological polar surface area (TPSA) is 35.6 Å². The first kappa shape index (κ1) is 14.5. The number of hydrogen-bond acceptors (Lipinski definition) is 3. The van der Waals surface area contributed by atoms with Gasteiger partial charge in [-0.25, -0.2) is 0 Å². The Balaban J connectivity index is 1.91. The van der Waals surface area contributed by atoms with Crippen LogP contribution in [0.4, 0.5) is 0 Å². The first-order chi connectivity index (χ1) is 9.20. The van der Waals surface area contributed by atoms with E-state index in [2.05, 4.69) is 30.1 Å². The Morgan fingerprint density at radius 1 is 1.53 bits per heavy atom. The summed E-state index contributed by atoms with van der Waals surface area (Å²) in [5.74, 6) is 0.268. The summed E-state index contributed by atoms with van der Waals surface area (Å²) in [6.07, 6.45) is 6.94. The molecule has 1 heterocycles. The molecule has 1 fully saturated rings. The van der Waals surface area contributed by atoms with Crippen molar-refractivity contribution >= 4 is 5.91 Å². The summed E-state index contributed by atoms with van der Waals surface area (Å²) in [6, 6.07) is 0.491. The van der Waals surface area contributed by atoms with Crippen molar-refractivity contribution in [2.45, 2.75) is 45.6 Å². The van der Waals surface area contributed by atoms with Gasteiger partial charge in [-0.05, 0) is 39.5 Å². The summed E-state index contributed by atoms with van der Waals surface area (Å²) in [5, 5.41) is 3.41. The van der Waals surface area contributed by atoms with Gasteiger partial charge in [0.05, 0.1) is 6.54 Å². The molecule has 0 spiro atoms. The first-order valence-electron chi connectivity index (χ1n) is 7.66. The average Bonchev–Trinajstić information content (AvgIpc) is 2.41. The van der Waals surface area contributed by atoms with E-state index in [0.29, 0.717) is 12.6 Å². The molecule has 4 heteroatoms. The number of piperazine rings is 1. The third-order valence-electron chi connectivity index (χ3n) is 4.04. The molecule has 0 bridgehead atoms. The Morgan fingerprint density at radius 2 is 2.37 bits per heavy atom. The van der Waals surface area contributed by atoms with Crippen molar-refractivity contribution in [3.8, 4) is 0 Å². The van der Waals surface area contributed by atoms with E-state index in [1.807, 2.05) is 4.90 Å². The molecular weight excluding hydrogens is 238 g/mol. The summed E-state index contributed by atoms with van der Waals surface area (Å²) < 4.78 is 0. The van der Waals surface area contributed by atoms with E-state index >= 15 is 0 Å². The van der Waals surface area contributed by atoms with Gasteiger partial charge in [-0.3, -0.25) is 9.69 Å². The predicted octanol–water partition coefficient (Wildman–Crippen LogP) is 1.59. The van der Waals surface area contributed by atoms with Crippen molar-refractivity contribution in [3.05, 3.63) is 11.8 Å². The maximum absolute atomic E-state index is 12.5. The fourth-order valence-electron chi connectivity index (χ4n) is 3.04. The molecule has 2 rings (SSSR count). The highest BCUT2D eigenvalue weighted by Gasteiger charge is 2.22. The van der Waals surface area contributed by atoms with Crippen LogP contribution in [-0.4, -0.2) is 54.5 Å². The van der Waals surface area contributed by atoms with E-state index in [4.69, 9.17) is 0 Å². The van der Waals surface area contributed by atoms with Gasteiger partial charge in [0.2, 0.25) is 5.91 Å². The molecule has 0 aromatic carbocycles. The normalized spacial score (nSPS) is 24.9. The zero-order valence-corrected chi connectivity index (χ0v) is 12.3. The van der Waals surface area contributed by atoms with Gasteiger partial charge >= 0.3 is 0 Å². The van der Waals surface area contributed by atoms with Crippen molar-refractivity contribution in [3.63, 3.8) is 0 Å². The number of rotatable bonds is 4. The largest absolute Gasteiger partial charge is 0.316 e. The molecule has 0 saturated carbocycles. The average molecular weight is 265 g/mol. The highest BCUT2D eigenvalue weighted by Crippen LogP contribution is 2.21. The van der Waals surface area contributed by atoms with Gasteiger partial charge in [-0.15, -0.1) is 0 Å². The van der Waals surface area contributed by atoms with Gasteiger partial charge in [-0.1, -0.05) is 6.08 Å². The van der Waals surface area contributed by atoms with Gasteiger partial charge in [0.25, 0.3) is 0 Å². The molecule has 0 aromatic rings. The Kier molecular flexibility index (Phi) is 5.40. The number of likely N-dealkylation sites (N-methyl/N-ethyl adjacent to an activating group) is 1. The fraction of sp³-hybridized carbons (Fsp3) is 0.800. The minimum Gasteiger partial charge on any atom is -0.316 e. The number of nitrogens with zero attached hydrogens (tertiary/aromatic N) is 2. The number of amides is 1. The molecular formula is C15H27N3O. The van der Waals surface area contributed by atoms with Crippen LogP contribution in [0.15, 0.2) is 11.8 Å². The molecule has 0 unspecified atom stereocenters. The van der Waals surface area contributed by atoms with Gasteiger partial charge in [0.15, 0.2) is 0 Å². The van der Waals surface area contributed by atoms with Crippen LogP contribution >= 0.6 is 0 Å². The molecule has 4 nitrogen and oxygen atoms in total. The van der Waals surface area contributed by atoms with E-state index in [1.165, 1.54) is 18.5 Å². The van der Waals surface area contributed by atoms with Gasteiger partial charge in [0, 0.05) is 37.9 Å². The molecule has 1 N–H and O–H groups in total. The van der Waals surface area contributed by atoms with Crippen LogP contribution in [0.2, 0.25) is 0 Å². The summed E-state index contributed by atoms with van der Waals surface area (Å²) in [5.41, 5.74) is 1.25. The van der Waals surface area contributed by atoms with Crippen molar-refractivity contribution in [1.29, 1.82) is 0 Å². The smallest absolute Gasteiger partial charge is 0.240 e. The van der Waals surface area contributed by atoms with Gasteiger partial charge < -0.3 is 10.2 Å². The van der Waals surface area contributed by atoms with Gasteiger partial charge in [0.1, 0.15) is 0 Å². The summed E-state index contributed by atoms with van der Waals surface area (Å²) in [4.78, 5) is 16.7. The van der Waals surface area contributed by atoms with Gasteiger partial charge in [-0.2, -0.15) is 0 Å². The van der Waals surface area contributed by atoms with E-state index < -0.39 is 0 Å². The highest BCUT2D eigenvalue weighted by atomic mass is 16.2. The molecule has 19 heavy (non-hydrogen) atoms. The highest BCUT2D eigenvalue weighted by molar-refractivity contribution is 5.80. The lowest BCUT2D eigenvalue weighted by Crippen LogP contribution is -2.52. The van der Waals surface area contributed by atoms with E-state index in [-0.39, 0.29) is 5.91 Å². The van der Waals surface area contributed by atoms with E-state index in [9.17, 15) is 4.79 Å². The van der Waals surface area contributed by atoms with Crippen LogP contribution in [0, 0.1) is 0 Å². The molecule has 1 saturated heterocycles. The van der Waals surface area contributed by atoms with Crippen LogP contribution in [0.3, 0.4) is 0 Å². The standard InChI is InChI=1S/C15H27N3O/c1-3-18(14-7-5-4-6-8-14)15(19)12-17-10-9-16-13(2)11-17/h7,13,16H,3-6,8-12H2,1-2H3/t13-/m0/s1. The minimum absolute atomic E-state index is 0.268. The Morgan fingerprint density at radius 3 is 3.00 bits per heavy atom. The number of allylic oxidation sites excluding steroid dienone is 2. The lowest BCUT2D eigenvalue weighted by atomic mass is 10.0. The van der Waals surface area contributed by atoms with E-state index in [1.54, 1.807) is 0 Å². The van der Waals surface area contributed by atoms with Crippen molar-refractivity contribution < 1.29 is 4.79 Å². The maximum Gasteiger partial charge on any atom is 0.240 e. The Labute approximate surface area is 116 Å². The Hall–Kier alpha value is -0.870. The zero-order chi connectivity index (χ0) is 13.7. The summed E-state index contributed by atoms with van der Waals surface area (Å²) in [7, 11) is 0. The Bertz CT molecular complexity index is 340. The predicted molar refractivity (Wildman–Crippen MR) is 77.8 cm³/mol. The fourth-order valence-corrected chi connectivity index (χ4v) is 3.04. The summed E-state index contributed by atoms with van der Waals surface area (Å²) >= 11 is 0. The summed E-state index contributed by atoms with van der Waals surface area (Å²) in [6.45, 7) is 8.56. The van der Waals surface area contributed by atoms with Crippen molar-refractivity contribution in [1.82, 2.24) is 15.1 Å². The first-order valence-corrected chi connectivity index (χ1v) is 7.66. The third-order valence-corrected chi connectivity index (χ3v) is 4.04. The number of carbonyl (C=O) groups is 1. The molecule has 1 aliphatic carbocycles. The number of nitrogens with one attached hydrogen (secondary N) is 1. The molecule has 1 aliphatic heterocycles. The molecule has 1 atom stereocenters. The second kappa shape index (κ2) is 7.06. The van der Waals surface area contributed by atoms with Crippen LogP contribution < -0.4 is 5.32 Å². The van der Waals surface area contributed by atoms with Crippen LogP contribution in [-0.2, 0) is 4.79 Å². The molecule has 2 aliphatic rings. The van der Waals surface area contributed by atoms with Crippen molar-refractivity contribution in [2.75, 3.05) is 32.7 Å². The number of carbonyl (C=O) groups excluding carboxylic acids is 1. The molecule has 0 aromatic heterocycles. The van der Waals surface area contributed by atoms with Crippen LogP contribution in [0.25, 0.3) is 0 Å². The second-order valence-electron chi connectivity index (χ2n) is 5.67. The van der Waals surface area contributed by atoms with Crippen LogP contribution in [0.1, 0.15) is 39.5 Å².